The summed E-state index contributed by atoms with van der Waals surface area (Å²) in [5.74, 6) is 0.854. The average Bonchev–Trinajstić information content (AvgIpc) is 3.00. The van der Waals surface area contributed by atoms with E-state index in [4.69, 9.17) is 4.74 Å². The zero-order valence-electron chi connectivity index (χ0n) is 12.5. The Hall–Kier alpha value is -1.88. The zero-order valence-corrected chi connectivity index (χ0v) is 13.3. The predicted octanol–water partition coefficient (Wildman–Crippen LogP) is 3.73. The van der Waals surface area contributed by atoms with Crippen molar-refractivity contribution in [3.8, 4) is 5.75 Å². The lowest BCUT2D eigenvalue weighted by Gasteiger charge is -2.14. The van der Waals surface area contributed by atoms with Gasteiger partial charge in [0.15, 0.2) is 0 Å². The topological polar surface area (TPSA) is 41.5 Å². The molecular formula is C18H19NO2S. The molecule has 3 rings (SSSR count). The monoisotopic (exact) mass is 313 g/mol. The van der Waals surface area contributed by atoms with Crippen molar-refractivity contribution >= 4 is 21.4 Å². The van der Waals surface area contributed by atoms with Gasteiger partial charge >= 0.3 is 0 Å². The maximum atomic E-state index is 9.69. The third kappa shape index (κ3) is 3.30. The van der Waals surface area contributed by atoms with Crippen LogP contribution in [0.25, 0.3) is 10.1 Å². The van der Waals surface area contributed by atoms with Gasteiger partial charge in [0.2, 0.25) is 0 Å². The van der Waals surface area contributed by atoms with Crippen molar-refractivity contribution in [2.24, 2.45) is 0 Å². The van der Waals surface area contributed by atoms with Crippen molar-refractivity contribution in [2.45, 2.75) is 12.6 Å². The van der Waals surface area contributed by atoms with E-state index in [1.165, 1.54) is 15.6 Å². The molecule has 0 bridgehead atoms. The summed E-state index contributed by atoms with van der Waals surface area (Å²) in [5, 5.41) is 14.3. The van der Waals surface area contributed by atoms with Crippen LogP contribution >= 0.6 is 11.3 Å². The fourth-order valence-electron chi connectivity index (χ4n) is 2.41. The molecule has 114 valence electrons. The largest absolute Gasteiger partial charge is 0.497 e. The van der Waals surface area contributed by atoms with Crippen LogP contribution in [0.3, 0.4) is 0 Å². The summed E-state index contributed by atoms with van der Waals surface area (Å²) in [5.41, 5.74) is 1.17. The molecule has 0 radical (unpaired) electrons. The van der Waals surface area contributed by atoms with Gasteiger partial charge in [-0.1, -0.05) is 30.3 Å². The maximum Gasteiger partial charge on any atom is 0.118 e. The molecule has 4 heteroatoms. The van der Waals surface area contributed by atoms with Crippen molar-refractivity contribution in [3.05, 3.63) is 65.0 Å². The van der Waals surface area contributed by atoms with Gasteiger partial charge in [-0.15, -0.1) is 11.3 Å². The van der Waals surface area contributed by atoms with Crippen molar-refractivity contribution < 1.29 is 9.84 Å². The van der Waals surface area contributed by atoms with Gasteiger partial charge in [-0.05, 0) is 35.2 Å². The van der Waals surface area contributed by atoms with E-state index in [0.717, 1.165) is 10.6 Å². The average molecular weight is 313 g/mol. The fourth-order valence-corrected chi connectivity index (χ4v) is 3.55. The van der Waals surface area contributed by atoms with Gasteiger partial charge < -0.3 is 15.2 Å². The molecule has 3 nitrogen and oxygen atoms in total. The molecule has 0 saturated carbocycles. The number of hydrogen-bond acceptors (Lipinski definition) is 4. The molecule has 0 amide bonds. The van der Waals surface area contributed by atoms with Crippen LogP contribution in [0.5, 0.6) is 5.75 Å². The van der Waals surface area contributed by atoms with Gasteiger partial charge in [-0.2, -0.15) is 0 Å². The Morgan fingerprint density at radius 1 is 1.14 bits per heavy atom. The van der Waals surface area contributed by atoms with Gasteiger partial charge in [-0.3, -0.25) is 0 Å². The summed E-state index contributed by atoms with van der Waals surface area (Å²) in [6, 6.07) is 18.4. The lowest BCUT2D eigenvalue weighted by Crippen LogP contribution is -2.23. The van der Waals surface area contributed by atoms with Crippen molar-refractivity contribution in [3.63, 3.8) is 0 Å². The number of ether oxygens (including phenoxy) is 1. The van der Waals surface area contributed by atoms with Gasteiger partial charge in [0.05, 0.1) is 19.8 Å². The molecule has 1 aromatic heterocycles. The molecule has 22 heavy (non-hydrogen) atoms. The Labute approximate surface area is 134 Å². The molecule has 1 heterocycles. The van der Waals surface area contributed by atoms with E-state index in [1.807, 2.05) is 36.4 Å². The molecule has 2 aromatic carbocycles. The Balaban J connectivity index is 1.70. The van der Waals surface area contributed by atoms with Crippen LogP contribution < -0.4 is 10.1 Å². The number of benzene rings is 2. The van der Waals surface area contributed by atoms with Crippen LogP contribution in [-0.4, -0.2) is 18.8 Å². The van der Waals surface area contributed by atoms with Gasteiger partial charge in [-0.25, -0.2) is 0 Å². The Kier molecular flexibility index (Phi) is 4.73. The quantitative estimate of drug-likeness (QED) is 0.728. The summed E-state index contributed by atoms with van der Waals surface area (Å²) >= 11 is 1.73. The van der Waals surface area contributed by atoms with Gasteiger partial charge in [0.1, 0.15) is 5.75 Å². The summed E-state index contributed by atoms with van der Waals surface area (Å²) in [4.78, 5) is 1.16. The highest BCUT2D eigenvalue weighted by molar-refractivity contribution is 7.19. The Bertz CT molecular complexity index is 703. The van der Waals surface area contributed by atoms with E-state index in [-0.39, 0.29) is 12.6 Å². The standard InChI is InChI=1S/C18H19NO2S/c1-21-15-8-6-13(7-9-15)11-19-16(12-20)18-10-14-4-2-3-5-17(14)22-18/h2-10,16,19-20H,11-12H2,1H3. The minimum atomic E-state index is -0.0421. The van der Waals surface area contributed by atoms with Crippen LogP contribution in [0.4, 0.5) is 0 Å². The number of aliphatic hydroxyl groups excluding tert-OH is 1. The third-order valence-corrected chi connectivity index (χ3v) is 4.91. The number of nitrogens with one attached hydrogen (secondary N) is 1. The summed E-state index contributed by atoms with van der Waals surface area (Å²) in [6.45, 7) is 0.798. The van der Waals surface area contributed by atoms with Crippen LogP contribution in [0.15, 0.2) is 54.6 Å². The number of thiophene rings is 1. The second kappa shape index (κ2) is 6.92. The van der Waals surface area contributed by atoms with E-state index in [9.17, 15) is 5.11 Å². The van der Waals surface area contributed by atoms with E-state index in [2.05, 4.69) is 23.5 Å². The first-order chi connectivity index (χ1) is 10.8. The van der Waals surface area contributed by atoms with Crippen LogP contribution in [-0.2, 0) is 6.54 Å². The molecule has 0 aliphatic carbocycles. The first-order valence-electron chi connectivity index (χ1n) is 7.26. The molecule has 0 aliphatic rings. The van der Waals surface area contributed by atoms with Crippen LogP contribution in [0, 0.1) is 0 Å². The molecule has 3 aromatic rings. The smallest absolute Gasteiger partial charge is 0.118 e. The minimum Gasteiger partial charge on any atom is -0.497 e. The number of aliphatic hydroxyl groups is 1. The molecule has 1 atom stereocenters. The van der Waals surface area contributed by atoms with E-state index < -0.39 is 0 Å². The third-order valence-electron chi connectivity index (χ3n) is 3.68. The fraction of sp³-hybridized carbons (Fsp3) is 0.222. The van der Waals surface area contributed by atoms with Crippen LogP contribution in [0.1, 0.15) is 16.5 Å². The van der Waals surface area contributed by atoms with Gasteiger partial charge in [0.25, 0.3) is 0 Å². The normalized spacial score (nSPS) is 12.5. The number of fused-ring (bicyclic) bond motifs is 1. The Morgan fingerprint density at radius 2 is 1.91 bits per heavy atom. The lowest BCUT2D eigenvalue weighted by atomic mass is 10.1. The second-order valence-electron chi connectivity index (χ2n) is 5.15. The summed E-state index contributed by atoms with van der Waals surface area (Å²) < 4.78 is 6.41. The summed E-state index contributed by atoms with van der Waals surface area (Å²) in [7, 11) is 1.66. The molecule has 1 unspecified atom stereocenters. The number of methoxy groups -OCH3 is 1. The lowest BCUT2D eigenvalue weighted by molar-refractivity contribution is 0.245. The summed E-state index contributed by atoms with van der Waals surface area (Å²) in [6.07, 6.45) is 0. The molecule has 2 N–H and O–H groups in total. The van der Waals surface area contributed by atoms with Gasteiger partial charge in [0, 0.05) is 16.1 Å². The van der Waals surface area contributed by atoms with Crippen LogP contribution in [0.2, 0.25) is 0 Å². The highest BCUT2D eigenvalue weighted by Gasteiger charge is 2.13. The molecule has 0 spiro atoms. The Morgan fingerprint density at radius 3 is 2.59 bits per heavy atom. The highest BCUT2D eigenvalue weighted by Crippen LogP contribution is 2.29. The van der Waals surface area contributed by atoms with Crippen molar-refractivity contribution in [1.82, 2.24) is 5.32 Å². The molecule has 0 aliphatic heterocycles. The predicted molar refractivity (Wildman–Crippen MR) is 91.5 cm³/mol. The molecule has 0 fully saturated rings. The maximum absolute atomic E-state index is 9.69. The first-order valence-corrected chi connectivity index (χ1v) is 8.07. The molecule has 0 saturated heterocycles. The zero-order chi connectivity index (χ0) is 15.4. The van der Waals surface area contributed by atoms with E-state index in [0.29, 0.717) is 6.54 Å². The minimum absolute atomic E-state index is 0.0421. The highest BCUT2D eigenvalue weighted by atomic mass is 32.1. The van der Waals surface area contributed by atoms with Crippen molar-refractivity contribution in [2.75, 3.05) is 13.7 Å². The van der Waals surface area contributed by atoms with E-state index >= 15 is 0 Å². The second-order valence-corrected chi connectivity index (χ2v) is 6.27. The van der Waals surface area contributed by atoms with Crippen molar-refractivity contribution in [1.29, 1.82) is 0 Å². The number of rotatable bonds is 6. The molecular weight excluding hydrogens is 294 g/mol. The van der Waals surface area contributed by atoms with E-state index in [1.54, 1.807) is 18.4 Å². The number of hydrogen-bond donors (Lipinski definition) is 2. The SMILES string of the molecule is COc1ccc(CNC(CO)c2cc3ccccc3s2)cc1. The first kappa shape index (κ1) is 15.0.